The molecule has 13 nitrogen and oxygen atoms in total. The van der Waals surface area contributed by atoms with Crippen LogP contribution in [0.1, 0.15) is 45.0 Å². The molecule has 0 aliphatic carbocycles. The van der Waals surface area contributed by atoms with Crippen molar-refractivity contribution < 1.29 is 37.4 Å². The third-order valence-corrected chi connectivity index (χ3v) is 13.1. The van der Waals surface area contributed by atoms with Gasteiger partial charge in [0.25, 0.3) is 0 Å². The normalized spacial score (nSPS) is 21.2. The standard InChI is InChI=1S/C33H41FN6O7Si/c1-32(2,3)48(5,6)45-19-23-25(47-31(42)44-18-22-15-11-8-12-16-22)33(4,34)28(46-23)40-20-36-24-26(37-29(35)39-27(24)40)38-30(41)43-17-21-13-9-7-10-14-21/h7-16,20,23,25,28H,17-19H2,1-6H3,(H3,35,37,38,39,41)/t23-,25-,28-,33-/m1/s1. The molecule has 1 amide bonds. The number of aromatic nitrogens is 4. The number of carbonyl (C=O) groups excluding carboxylic acids is 2. The number of anilines is 2. The number of carbonyl (C=O) groups is 2. The van der Waals surface area contributed by atoms with Crippen LogP contribution in [0.15, 0.2) is 67.0 Å². The largest absolute Gasteiger partial charge is 0.509 e. The van der Waals surface area contributed by atoms with Gasteiger partial charge in [-0.05, 0) is 36.2 Å². The summed E-state index contributed by atoms with van der Waals surface area (Å²) in [6.45, 7) is 11.5. The number of rotatable bonds is 10. The van der Waals surface area contributed by atoms with Gasteiger partial charge < -0.3 is 29.1 Å². The maximum Gasteiger partial charge on any atom is 0.509 e. The number of alkyl halides is 1. The maximum absolute atomic E-state index is 17.0. The van der Waals surface area contributed by atoms with E-state index in [0.29, 0.717) is 0 Å². The average Bonchev–Trinajstić information content (AvgIpc) is 3.55. The summed E-state index contributed by atoms with van der Waals surface area (Å²) in [5, 5.41) is 2.40. The molecule has 4 aromatic rings. The lowest BCUT2D eigenvalue weighted by atomic mass is 9.98. The number of nitrogens with one attached hydrogen (secondary N) is 1. The molecular formula is C33H41FN6O7Si. The van der Waals surface area contributed by atoms with Gasteiger partial charge in [-0.3, -0.25) is 9.88 Å². The van der Waals surface area contributed by atoms with E-state index in [1.165, 1.54) is 17.8 Å². The molecule has 4 atom stereocenters. The van der Waals surface area contributed by atoms with Gasteiger partial charge in [-0.25, -0.2) is 19.0 Å². The van der Waals surface area contributed by atoms with Crippen LogP contribution in [0.5, 0.6) is 0 Å². The fourth-order valence-corrected chi connectivity index (χ4v) is 5.95. The van der Waals surface area contributed by atoms with Crippen molar-refractivity contribution >= 4 is 43.5 Å². The first-order chi connectivity index (χ1) is 22.7. The zero-order valence-corrected chi connectivity index (χ0v) is 28.8. The summed E-state index contributed by atoms with van der Waals surface area (Å²) >= 11 is 0. The minimum absolute atomic E-state index is 0.0223. The molecule has 1 aliphatic heterocycles. The molecule has 0 bridgehead atoms. The molecule has 1 fully saturated rings. The van der Waals surface area contributed by atoms with Gasteiger partial charge in [-0.1, -0.05) is 81.4 Å². The molecule has 3 heterocycles. The highest BCUT2D eigenvalue weighted by Crippen LogP contribution is 2.45. The van der Waals surface area contributed by atoms with Crippen LogP contribution < -0.4 is 11.1 Å². The summed E-state index contributed by atoms with van der Waals surface area (Å²) in [7, 11) is -2.32. The minimum atomic E-state index is -2.33. The second kappa shape index (κ2) is 13.9. The quantitative estimate of drug-likeness (QED) is 0.138. The van der Waals surface area contributed by atoms with Crippen LogP contribution in [0.25, 0.3) is 11.2 Å². The minimum Gasteiger partial charge on any atom is -0.444 e. The number of nitrogens with two attached hydrogens (primary N) is 1. The van der Waals surface area contributed by atoms with Crippen LogP contribution in [-0.2, 0) is 36.6 Å². The third-order valence-electron chi connectivity index (χ3n) is 8.64. The lowest BCUT2D eigenvalue weighted by Crippen LogP contribution is -2.47. The molecule has 256 valence electrons. The monoisotopic (exact) mass is 680 g/mol. The van der Waals surface area contributed by atoms with Crippen molar-refractivity contribution in [3.63, 3.8) is 0 Å². The summed E-state index contributed by atoms with van der Waals surface area (Å²) < 4.78 is 47.2. The second-order valence-electron chi connectivity index (χ2n) is 13.3. The lowest BCUT2D eigenvalue weighted by molar-refractivity contribution is -0.0555. The Morgan fingerprint density at radius 3 is 2.23 bits per heavy atom. The highest BCUT2D eigenvalue weighted by molar-refractivity contribution is 6.74. The van der Waals surface area contributed by atoms with Crippen molar-refractivity contribution in [1.29, 1.82) is 0 Å². The van der Waals surface area contributed by atoms with Crippen molar-refractivity contribution in [1.82, 2.24) is 19.5 Å². The van der Waals surface area contributed by atoms with E-state index in [1.807, 2.05) is 48.5 Å². The number of halogens is 1. The first kappa shape index (κ1) is 34.7. The molecule has 2 aromatic carbocycles. The van der Waals surface area contributed by atoms with Gasteiger partial charge in [-0.15, -0.1) is 0 Å². The summed E-state index contributed by atoms with van der Waals surface area (Å²) in [5.74, 6) is -0.251. The second-order valence-corrected chi connectivity index (χ2v) is 18.1. The molecule has 0 radical (unpaired) electrons. The van der Waals surface area contributed by atoms with Gasteiger partial charge >= 0.3 is 12.2 Å². The number of hydrogen-bond acceptors (Lipinski definition) is 11. The highest BCUT2D eigenvalue weighted by atomic mass is 28.4. The molecule has 3 N–H and O–H groups in total. The van der Waals surface area contributed by atoms with Gasteiger partial charge in [0.05, 0.1) is 12.9 Å². The molecule has 15 heteroatoms. The number of amides is 1. The molecule has 0 saturated carbocycles. The van der Waals surface area contributed by atoms with Crippen LogP contribution in [0.4, 0.5) is 25.7 Å². The molecule has 2 aromatic heterocycles. The van der Waals surface area contributed by atoms with Gasteiger partial charge in [0.15, 0.2) is 43.3 Å². The zero-order chi connectivity index (χ0) is 34.7. The zero-order valence-electron chi connectivity index (χ0n) is 27.8. The first-order valence-electron chi connectivity index (χ1n) is 15.5. The number of hydrogen-bond donors (Lipinski definition) is 2. The van der Waals surface area contributed by atoms with Crippen LogP contribution in [-0.4, -0.2) is 64.6 Å². The summed E-state index contributed by atoms with van der Waals surface area (Å²) in [4.78, 5) is 38.3. The number of ether oxygens (including phenoxy) is 4. The Morgan fingerprint density at radius 2 is 1.62 bits per heavy atom. The highest BCUT2D eigenvalue weighted by Gasteiger charge is 2.59. The molecule has 48 heavy (non-hydrogen) atoms. The smallest absolute Gasteiger partial charge is 0.444 e. The predicted molar refractivity (Wildman–Crippen MR) is 178 cm³/mol. The van der Waals surface area contributed by atoms with E-state index >= 15 is 4.39 Å². The number of nitrogens with zero attached hydrogens (tertiary/aromatic N) is 4. The lowest BCUT2D eigenvalue weighted by Gasteiger charge is -2.37. The maximum atomic E-state index is 17.0. The number of fused-ring (bicyclic) bond motifs is 1. The van der Waals surface area contributed by atoms with E-state index in [9.17, 15) is 9.59 Å². The first-order valence-corrected chi connectivity index (χ1v) is 18.4. The average molecular weight is 681 g/mol. The van der Waals surface area contributed by atoms with Gasteiger partial charge in [-0.2, -0.15) is 9.97 Å². The Balaban J connectivity index is 1.39. The summed E-state index contributed by atoms with van der Waals surface area (Å²) in [6.07, 6.45) is -4.41. The van der Waals surface area contributed by atoms with Crippen LogP contribution in [0, 0.1) is 0 Å². The molecule has 1 saturated heterocycles. The van der Waals surface area contributed by atoms with E-state index in [4.69, 9.17) is 29.1 Å². The summed E-state index contributed by atoms with van der Waals surface area (Å²) in [6, 6.07) is 18.2. The van der Waals surface area contributed by atoms with E-state index in [-0.39, 0.29) is 47.8 Å². The fourth-order valence-electron chi connectivity index (χ4n) is 4.94. The van der Waals surface area contributed by atoms with Gasteiger partial charge in [0.2, 0.25) is 5.95 Å². The third kappa shape index (κ3) is 7.74. The molecular weight excluding hydrogens is 639 g/mol. The van der Waals surface area contributed by atoms with Crippen molar-refractivity contribution in [2.75, 3.05) is 17.7 Å². The number of imidazole rings is 1. The Kier molecular flexibility index (Phi) is 10.0. The Morgan fingerprint density at radius 1 is 1.02 bits per heavy atom. The van der Waals surface area contributed by atoms with Gasteiger partial charge in [0.1, 0.15) is 19.3 Å². The van der Waals surface area contributed by atoms with E-state index in [0.717, 1.165) is 11.1 Å². The fraction of sp³-hybridized carbons (Fsp3) is 0.424. The Labute approximate surface area is 279 Å². The molecule has 5 rings (SSSR count). The van der Waals surface area contributed by atoms with Crippen molar-refractivity contribution in [2.45, 2.75) is 83.1 Å². The van der Waals surface area contributed by atoms with Crippen molar-refractivity contribution in [3.8, 4) is 0 Å². The van der Waals surface area contributed by atoms with Crippen LogP contribution >= 0.6 is 0 Å². The van der Waals surface area contributed by atoms with E-state index in [2.05, 4.69) is 54.1 Å². The number of nitrogen functional groups attached to an aromatic ring is 1. The molecule has 0 spiro atoms. The van der Waals surface area contributed by atoms with E-state index < -0.39 is 44.7 Å². The van der Waals surface area contributed by atoms with Crippen molar-refractivity contribution in [2.24, 2.45) is 0 Å². The number of benzene rings is 2. The Bertz CT molecular complexity index is 1730. The van der Waals surface area contributed by atoms with Crippen LogP contribution in [0.3, 0.4) is 0 Å². The van der Waals surface area contributed by atoms with Gasteiger partial charge in [0, 0.05) is 0 Å². The molecule has 1 aliphatic rings. The van der Waals surface area contributed by atoms with E-state index in [1.54, 1.807) is 12.1 Å². The topological polar surface area (TPSA) is 162 Å². The predicted octanol–water partition coefficient (Wildman–Crippen LogP) is 6.53. The van der Waals surface area contributed by atoms with Crippen LogP contribution in [0.2, 0.25) is 18.1 Å². The SMILES string of the molecule is CC(C)(C)[Si](C)(C)OC[C@H]1O[C@@H](n2cnc3c(NC(=O)OCc4ccccc4)nc(N)nc32)[C@](C)(F)[C@@H]1OC(=O)OCc1ccccc1. The Hall–Kier alpha value is -4.60. The summed E-state index contributed by atoms with van der Waals surface area (Å²) in [5.41, 5.74) is 5.39. The molecule has 0 unspecified atom stereocenters. The van der Waals surface area contributed by atoms with Crippen molar-refractivity contribution in [3.05, 3.63) is 78.1 Å².